The predicted molar refractivity (Wildman–Crippen MR) is 62.9 cm³/mol. The van der Waals surface area contributed by atoms with E-state index in [1.54, 1.807) is 0 Å². The number of hydrogen-bond acceptors (Lipinski definition) is 4. The molecular formula is C9H8BrClN2O4. The van der Waals surface area contributed by atoms with Crippen LogP contribution in [0.3, 0.4) is 0 Å². The number of aliphatic carboxylic acids is 1. The van der Waals surface area contributed by atoms with Crippen LogP contribution >= 0.6 is 27.5 Å². The average Bonchev–Trinajstić information content (AvgIpc) is 2.28. The maximum atomic E-state index is 11.6. The third-order valence-corrected chi connectivity index (χ3v) is 2.53. The van der Waals surface area contributed by atoms with Crippen LogP contribution in [0.15, 0.2) is 16.7 Å². The SMILES string of the molecule is O=C(NCC(O)C(=O)O)c1cc(Br)cnc1Cl. The second-order valence-corrected chi connectivity index (χ2v) is 4.33. The van der Waals surface area contributed by atoms with Crippen molar-refractivity contribution in [3.8, 4) is 0 Å². The zero-order valence-electron chi connectivity index (χ0n) is 8.35. The number of carboxylic acid groups (broad SMARTS) is 1. The van der Waals surface area contributed by atoms with Crippen LogP contribution in [-0.4, -0.2) is 39.7 Å². The van der Waals surface area contributed by atoms with Crippen molar-refractivity contribution in [1.82, 2.24) is 10.3 Å². The molecule has 0 aliphatic heterocycles. The summed E-state index contributed by atoms with van der Waals surface area (Å²) in [6.45, 7) is -0.406. The fourth-order valence-corrected chi connectivity index (χ4v) is 1.47. The maximum Gasteiger partial charge on any atom is 0.334 e. The average molecular weight is 324 g/mol. The summed E-state index contributed by atoms with van der Waals surface area (Å²) in [4.78, 5) is 25.6. The summed E-state index contributed by atoms with van der Waals surface area (Å²) in [5, 5.41) is 19.6. The molecular weight excluding hydrogens is 315 g/mol. The van der Waals surface area contributed by atoms with Crippen LogP contribution in [0.25, 0.3) is 0 Å². The number of aromatic nitrogens is 1. The Morgan fingerprint density at radius 1 is 1.59 bits per heavy atom. The van der Waals surface area contributed by atoms with Gasteiger partial charge in [0.05, 0.1) is 12.1 Å². The molecule has 0 saturated heterocycles. The van der Waals surface area contributed by atoms with Gasteiger partial charge < -0.3 is 15.5 Å². The van der Waals surface area contributed by atoms with Crippen LogP contribution in [-0.2, 0) is 4.79 Å². The van der Waals surface area contributed by atoms with Crippen LogP contribution in [0, 0.1) is 0 Å². The number of aliphatic hydroxyl groups excluding tert-OH is 1. The molecule has 3 N–H and O–H groups in total. The quantitative estimate of drug-likeness (QED) is 0.707. The predicted octanol–water partition coefficient (Wildman–Crippen LogP) is 0.673. The summed E-state index contributed by atoms with van der Waals surface area (Å²) in [7, 11) is 0. The molecule has 1 amide bonds. The summed E-state index contributed by atoms with van der Waals surface area (Å²) in [5.74, 6) is -2.02. The smallest absolute Gasteiger partial charge is 0.334 e. The number of nitrogens with zero attached hydrogens (tertiary/aromatic N) is 1. The van der Waals surface area contributed by atoms with E-state index in [4.69, 9.17) is 21.8 Å². The topological polar surface area (TPSA) is 99.5 Å². The van der Waals surface area contributed by atoms with Crippen molar-refractivity contribution in [2.24, 2.45) is 0 Å². The molecule has 0 aromatic carbocycles. The number of nitrogens with one attached hydrogen (secondary N) is 1. The van der Waals surface area contributed by atoms with Gasteiger partial charge in [0.25, 0.3) is 5.91 Å². The number of carbonyl (C=O) groups excluding carboxylic acids is 1. The van der Waals surface area contributed by atoms with Gasteiger partial charge in [-0.2, -0.15) is 0 Å². The Bertz CT molecular complexity index is 455. The lowest BCUT2D eigenvalue weighted by Crippen LogP contribution is -2.36. The number of pyridine rings is 1. The highest BCUT2D eigenvalue weighted by atomic mass is 79.9. The van der Waals surface area contributed by atoms with E-state index in [1.165, 1.54) is 12.3 Å². The minimum Gasteiger partial charge on any atom is -0.479 e. The van der Waals surface area contributed by atoms with Gasteiger partial charge in [0.2, 0.25) is 0 Å². The summed E-state index contributed by atoms with van der Waals surface area (Å²) in [5.41, 5.74) is 0.0960. The monoisotopic (exact) mass is 322 g/mol. The Hall–Kier alpha value is -1.18. The molecule has 8 heteroatoms. The van der Waals surface area contributed by atoms with Gasteiger partial charge in [-0.3, -0.25) is 4.79 Å². The lowest BCUT2D eigenvalue weighted by atomic mass is 10.2. The summed E-state index contributed by atoms with van der Waals surface area (Å²) in [6, 6.07) is 1.44. The summed E-state index contributed by atoms with van der Waals surface area (Å²) >= 11 is 8.82. The Morgan fingerprint density at radius 3 is 2.82 bits per heavy atom. The highest BCUT2D eigenvalue weighted by Crippen LogP contribution is 2.17. The zero-order chi connectivity index (χ0) is 13.0. The Labute approximate surface area is 110 Å². The number of aliphatic hydroxyl groups is 1. The molecule has 17 heavy (non-hydrogen) atoms. The fraction of sp³-hybridized carbons (Fsp3) is 0.222. The first-order chi connectivity index (χ1) is 7.91. The number of hydrogen-bond donors (Lipinski definition) is 3. The van der Waals surface area contributed by atoms with Crippen molar-refractivity contribution in [3.05, 3.63) is 27.5 Å². The van der Waals surface area contributed by atoms with Crippen LogP contribution in [0.4, 0.5) is 0 Å². The van der Waals surface area contributed by atoms with Crippen molar-refractivity contribution >= 4 is 39.4 Å². The number of halogens is 2. The molecule has 0 saturated carbocycles. The van der Waals surface area contributed by atoms with E-state index < -0.39 is 24.5 Å². The standard InChI is InChI=1S/C9H8BrClN2O4/c10-4-1-5(7(11)12-2-4)8(15)13-3-6(14)9(16)17/h1-2,6,14H,3H2,(H,13,15)(H,16,17). The minimum absolute atomic E-state index is 0.00415. The van der Waals surface area contributed by atoms with Crippen LogP contribution in [0.2, 0.25) is 5.15 Å². The molecule has 1 rings (SSSR count). The second kappa shape index (κ2) is 5.95. The molecule has 1 atom stereocenters. The van der Waals surface area contributed by atoms with E-state index in [0.717, 1.165) is 0 Å². The molecule has 0 bridgehead atoms. The summed E-state index contributed by atoms with van der Waals surface area (Å²) < 4.78 is 0.561. The van der Waals surface area contributed by atoms with E-state index in [2.05, 4.69) is 26.2 Å². The number of amides is 1. The first kappa shape index (κ1) is 13.9. The van der Waals surface area contributed by atoms with Crippen LogP contribution < -0.4 is 5.32 Å². The number of rotatable bonds is 4. The third kappa shape index (κ3) is 3.95. The lowest BCUT2D eigenvalue weighted by molar-refractivity contribution is -0.146. The molecule has 0 aliphatic carbocycles. The van der Waals surface area contributed by atoms with Gasteiger partial charge in [-0.15, -0.1) is 0 Å². The molecule has 0 aliphatic rings. The highest BCUT2D eigenvalue weighted by Gasteiger charge is 2.17. The van der Waals surface area contributed by atoms with Gasteiger partial charge in [0.15, 0.2) is 6.10 Å². The summed E-state index contributed by atoms with van der Waals surface area (Å²) in [6.07, 6.45) is -0.233. The van der Waals surface area contributed by atoms with Crippen LogP contribution in [0.1, 0.15) is 10.4 Å². The van der Waals surface area contributed by atoms with Gasteiger partial charge in [0, 0.05) is 10.7 Å². The molecule has 0 spiro atoms. The van der Waals surface area contributed by atoms with Gasteiger partial charge in [0.1, 0.15) is 5.15 Å². The lowest BCUT2D eigenvalue weighted by Gasteiger charge is -2.08. The number of carboxylic acids is 1. The Morgan fingerprint density at radius 2 is 2.24 bits per heavy atom. The molecule has 1 heterocycles. The highest BCUT2D eigenvalue weighted by molar-refractivity contribution is 9.10. The van der Waals surface area contributed by atoms with E-state index >= 15 is 0 Å². The first-order valence-electron chi connectivity index (χ1n) is 4.42. The van der Waals surface area contributed by atoms with Gasteiger partial charge in [-0.25, -0.2) is 9.78 Å². The van der Waals surface area contributed by atoms with Crippen molar-refractivity contribution in [3.63, 3.8) is 0 Å². The van der Waals surface area contributed by atoms with Crippen molar-refractivity contribution in [2.75, 3.05) is 6.54 Å². The minimum atomic E-state index is -1.65. The van der Waals surface area contributed by atoms with E-state index in [1.807, 2.05) is 0 Å². The second-order valence-electron chi connectivity index (χ2n) is 3.06. The fourth-order valence-electron chi connectivity index (χ4n) is 0.954. The van der Waals surface area contributed by atoms with E-state index in [0.29, 0.717) is 4.47 Å². The van der Waals surface area contributed by atoms with E-state index in [9.17, 15) is 9.59 Å². The van der Waals surface area contributed by atoms with E-state index in [-0.39, 0.29) is 10.7 Å². The maximum absolute atomic E-state index is 11.6. The van der Waals surface area contributed by atoms with Gasteiger partial charge in [-0.1, -0.05) is 11.6 Å². The molecule has 0 radical (unpaired) electrons. The molecule has 92 valence electrons. The Balaban J connectivity index is 2.70. The molecule has 1 unspecified atom stereocenters. The Kier molecular flexibility index (Phi) is 4.86. The van der Waals surface area contributed by atoms with Gasteiger partial charge in [-0.05, 0) is 22.0 Å². The molecule has 1 aromatic heterocycles. The largest absolute Gasteiger partial charge is 0.479 e. The van der Waals surface area contributed by atoms with Crippen molar-refractivity contribution < 1.29 is 19.8 Å². The zero-order valence-corrected chi connectivity index (χ0v) is 10.7. The van der Waals surface area contributed by atoms with Crippen molar-refractivity contribution in [1.29, 1.82) is 0 Å². The molecule has 1 aromatic rings. The number of carbonyl (C=O) groups is 2. The van der Waals surface area contributed by atoms with Crippen molar-refractivity contribution in [2.45, 2.75) is 6.10 Å². The van der Waals surface area contributed by atoms with Gasteiger partial charge >= 0.3 is 5.97 Å². The third-order valence-electron chi connectivity index (χ3n) is 1.79. The molecule has 6 nitrogen and oxygen atoms in total. The normalized spacial score (nSPS) is 11.9. The molecule has 0 fully saturated rings. The van der Waals surface area contributed by atoms with Crippen LogP contribution in [0.5, 0.6) is 0 Å². The first-order valence-corrected chi connectivity index (χ1v) is 5.59.